The van der Waals surface area contributed by atoms with E-state index < -0.39 is 5.91 Å². The molecule has 0 fully saturated rings. The zero-order valence-corrected chi connectivity index (χ0v) is 18.6. The van der Waals surface area contributed by atoms with Gasteiger partial charge < -0.3 is 19.8 Å². The summed E-state index contributed by atoms with van der Waals surface area (Å²) < 4.78 is 15.4. The van der Waals surface area contributed by atoms with Gasteiger partial charge in [-0.25, -0.2) is 4.98 Å². The van der Waals surface area contributed by atoms with Gasteiger partial charge in [-0.1, -0.05) is 0 Å². The van der Waals surface area contributed by atoms with Crippen molar-refractivity contribution < 1.29 is 19.1 Å². The molecule has 0 spiro atoms. The number of carbonyl (C=O) groups is 2. The highest BCUT2D eigenvalue weighted by molar-refractivity contribution is 6.04. The number of nitrogens with zero attached hydrogens (tertiary/aromatic N) is 4. The second kappa shape index (κ2) is 8.99. The average molecular weight is 441 g/mol. The second-order valence-corrected chi connectivity index (χ2v) is 7.91. The minimum Gasteiger partial charge on any atom is -0.491 e. The van der Waals surface area contributed by atoms with Gasteiger partial charge in [0.05, 0.1) is 23.9 Å². The first-order valence-electron chi connectivity index (χ1n) is 10.8. The van der Waals surface area contributed by atoms with E-state index in [0.29, 0.717) is 66.7 Å². The minimum atomic E-state index is -0.569. The molecule has 3 aromatic rings. The molecule has 170 valence electrons. The van der Waals surface area contributed by atoms with Crippen LogP contribution in [0.25, 0.3) is 11.0 Å². The van der Waals surface area contributed by atoms with E-state index in [0.717, 1.165) is 12.1 Å². The van der Waals surface area contributed by atoms with Crippen molar-refractivity contribution in [2.45, 2.75) is 52.8 Å². The smallest absolute Gasteiger partial charge is 0.276 e. The van der Waals surface area contributed by atoms with Crippen molar-refractivity contribution in [1.29, 1.82) is 0 Å². The predicted molar refractivity (Wildman–Crippen MR) is 119 cm³/mol. The van der Waals surface area contributed by atoms with Crippen LogP contribution in [0.15, 0.2) is 18.2 Å². The number of benzene rings is 1. The molecular formula is C22H28N6O4. The third-order valence-corrected chi connectivity index (χ3v) is 5.46. The largest absolute Gasteiger partial charge is 0.491 e. The fourth-order valence-corrected chi connectivity index (χ4v) is 3.86. The van der Waals surface area contributed by atoms with Crippen molar-refractivity contribution in [1.82, 2.24) is 19.3 Å². The maximum Gasteiger partial charge on any atom is 0.276 e. The number of hydrogen-bond acceptors (Lipinski definition) is 6. The number of imidazole rings is 1. The summed E-state index contributed by atoms with van der Waals surface area (Å²) in [7, 11) is 0. The van der Waals surface area contributed by atoms with Gasteiger partial charge in [-0.2, -0.15) is 5.10 Å². The van der Waals surface area contributed by atoms with Gasteiger partial charge in [-0.05, 0) is 45.4 Å². The number of hydrogen-bond donors (Lipinski definition) is 2. The molecule has 0 bridgehead atoms. The van der Waals surface area contributed by atoms with Crippen LogP contribution in [0.5, 0.6) is 5.75 Å². The lowest BCUT2D eigenvalue weighted by atomic mass is 10.1. The molecule has 1 aliphatic heterocycles. The summed E-state index contributed by atoms with van der Waals surface area (Å²) in [6.07, 6.45) is 1.49. The summed E-state index contributed by atoms with van der Waals surface area (Å²) in [5.74, 6) is -0.00544. The molecule has 2 aromatic heterocycles. The molecule has 0 saturated carbocycles. The lowest BCUT2D eigenvalue weighted by molar-refractivity contribution is 0.0485. The molecular weight excluding hydrogens is 412 g/mol. The van der Waals surface area contributed by atoms with Crippen LogP contribution in [0.4, 0.5) is 5.95 Å². The number of anilines is 1. The van der Waals surface area contributed by atoms with Crippen molar-refractivity contribution in [2.75, 3.05) is 18.5 Å². The van der Waals surface area contributed by atoms with E-state index in [1.807, 2.05) is 25.3 Å². The Morgan fingerprint density at radius 2 is 2.09 bits per heavy atom. The Morgan fingerprint density at radius 3 is 2.84 bits per heavy atom. The molecule has 32 heavy (non-hydrogen) atoms. The average Bonchev–Trinajstić information content (AvgIpc) is 3.29. The van der Waals surface area contributed by atoms with E-state index in [-0.39, 0.29) is 12.0 Å². The zero-order chi connectivity index (χ0) is 22.8. The zero-order valence-electron chi connectivity index (χ0n) is 18.6. The van der Waals surface area contributed by atoms with Gasteiger partial charge in [0.15, 0.2) is 0 Å². The van der Waals surface area contributed by atoms with Crippen LogP contribution < -0.4 is 15.8 Å². The lowest BCUT2D eigenvalue weighted by Crippen LogP contribution is -2.20. The van der Waals surface area contributed by atoms with Crippen molar-refractivity contribution >= 4 is 28.8 Å². The second-order valence-electron chi connectivity index (χ2n) is 7.91. The molecule has 3 N–H and O–H groups in total. The third kappa shape index (κ3) is 4.31. The quantitative estimate of drug-likeness (QED) is 0.642. The van der Waals surface area contributed by atoms with Gasteiger partial charge in [0, 0.05) is 31.7 Å². The molecule has 10 heteroatoms. The number of ether oxygens (including phenoxy) is 2. The maximum atomic E-state index is 13.0. The Balaban J connectivity index is 1.79. The molecule has 1 aromatic carbocycles. The first-order chi connectivity index (χ1) is 15.4. The molecule has 1 unspecified atom stereocenters. The van der Waals surface area contributed by atoms with Gasteiger partial charge in [0.25, 0.3) is 5.91 Å². The van der Waals surface area contributed by atoms with Gasteiger partial charge in [0.1, 0.15) is 17.0 Å². The summed E-state index contributed by atoms with van der Waals surface area (Å²) in [6.45, 7) is 7.89. The number of rotatable bonds is 4. The molecule has 0 radical (unpaired) electrons. The Kier molecular flexibility index (Phi) is 6.13. The Labute approximate surface area is 185 Å². The summed E-state index contributed by atoms with van der Waals surface area (Å²) in [5, 5.41) is 7.26. The van der Waals surface area contributed by atoms with Crippen LogP contribution in [0.3, 0.4) is 0 Å². The van der Waals surface area contributed by atoms with Crippen LogP contribution in [0.2, 0.25) is 0 Å². The molecule has 4 rings (SSSR count). The summed E-state index contributed by atoms with van der Waals surface area (Å²) >= 11 is 0. The van der Waals surface area contributed by atoms with E-state index in [2.05, 4.69) is 15.4 Å². The number of nitrogens with one attached hydrogen (secondary N) is 1. The Bertz CT molecular complexity index is 1170. The highest BCUT2D eigenvalue weighted by Gasteiger charge is 2.22. The standard InChI is InChI=1S/C22H28N6O4/c1-4-28-17(10-13(2)26-28)21(30)25-22-24-16-11-15(20(23)29)12-18-19(16)27(22)7-5-8-31-14(3)6-9-32-18/h10-12,14H,4-9H2,1-3H3,(H2,23,29)(H,24,25,30). The van der Waals surface area contributed by atoms with E-state index >= 15 is 0 Å². The molecule has 2 amide bonds. The highest BCUT2D eigenvalue weighted by Crippen LogP contribution is 2.32. The van der Waals surface area contributed by atoms with E-state index in [4.69, 9.17) is 15.2 Å². The minimum absolute atomic E-state index is 0.0529. The van der Waals surface area contributed by atoms with Crippen LogP contribution >= 0.6 is 0 Å². The van der Waals surface area contributed by atoms with Crippen molar-refractivity contribution in [3.8, 4) is 5.75 Å². The monoisotopic (exact) mass is 440 g/mol. The van der Waals surface area contributed by atoms with Crippen LogP contribution in [0, 0.1) is 6.92 Å². The van der Waals surface area contributed by atoms with Gasteiger partial charge in [-0.3, -0.25) is 19.6 Å². The van der Waals surface area contributed by atoms with Crippen LogP contribution in [-0.4, -0.2) is 50.5 Å². The Morgan fingerprint density at radius 1 is 1.28 bits per heavy atom. The van der Waals surface area contributed by atoms with Crippen molar-refractivity contribution in [2.24, 2.45) is 5.73 Å². The normalized spacial score (nSPS) is 16.9. The topological polar surface area (TPSA) is 126 Å². The maximum absolute atomic E-state index is 13.0. The highest BCUT2D eigenvalue weighted by atomic mass is 16.5. The van der Waals surface area contributed by atoms with Gasteiger partial charge in [-0.15, -0.1) is 0 Å². The Hall–Kier alpha value is -3.40. The summed E-state index contributed by atoms with van der Waals surface area (Å²) in [5.41, 5.74) is 8.28. The third-order valence-electron chi connectivity index (χ3n) is 5.46. The number of nitrogens with two attached hydrogens (primary N) is 1. The predicted octanol–water partition coefficient (Wildman–Crippen LogP) is 2.49. The first kappa shape index (κ1) is 21.8. The first-order valence-corrected chi connectivity index (χ1v) is 10.8. The number of primary amides is 1. The molecule has 10 nitrogen and oxygen atoms in total. The van der Waals surface area contributed by atoms with Crippen LogP contribution in [-0.2, 0) is 17.8 Å². The number of aryl methyl sites for hydroxylation is 3. The number of amides is 2. The summed E-state index contributed by atoms with van der Waals surface area (Å²) in [6, 6.07) is 4.99. The molecule has 3 heterocycles. The molecule has 0 saturated heterocycles. The molecule has 1 aliphatic rings. The van der Waals surface area contributed by atoms with Crippen molar-refractivity contribution in [3.05, 3.63) is 35.2 Å². The van der Waals surface area contributed by atoms with Gasteiger partial charge >= 0.3 is 0 Å². The fraction of sp³-hybridized carbons (Fsp3) is 0.455. The SMILES string of the molecule is CCn1nc(C)cc1C(=O)Nc1nc2cc(C(N)=O)cc3c2n1CCCOC(C)CCO3. The number of aromatic nitrogens is 4. The van der Waals surface area contributed by atoms with E-state index in [1.165, 1.54) is 0 Å². The van der Waals surface area contributed by atoms with Crippen molar-refractivity contribution in [3.63, 3.8) is 0 Å². The lowest BCUT2D eigenvalue weighted by Gasteiger charge is -2.13. The van der Waals surface area contributed by atoms with Gasteiger partial charge in [0.2, 0.25) is 11.9 Å². The van der Waals surface area contributed by atoms with E-state index in [9.17, 15) is 9.59 Å². The van der Waals surface area contributed by atoms with E-state index in [1.54, 1.807) is 22.9 Å². The fourth-order valence-electron chi connectivity index (χ4n) is 3.86. The molecule has 0 aliphatic carbocycles. The number of carbonyl (C=O) groups excluding carboxylic acids is 2. The van der Waals surface area contributed by atoms with Crippen LogP contribution in [0.1, 0.15) is 53.2 Å². The summed E-state index contributed by atoms with van der Waals surface area (Å²) in [4.78, 5) is 29.5. The molecule has 1 atom stereocenters.